The third kappa shape index (κ3) is 2.95. The fraction of sp³-hybridized carbons (Fsp3) is 0.800. The number of fused-ring (bicyclic) bond motifs is 1. The van der Waals surface area contributed by atoms with Crippen LogP contribution in [-0.4, -0.2) is 17.6 Å². The molecule has 1 aliphatic rings. The van der Waals surface area contributed by atoms with Gasteiger partial charge in [-0.1, -0.05) is 32.1 Å². The average Bonchev–Trinajstić information content (AvgIpc) is 2.71. The van der Waals surface area contributed by atoms with Crippen molar-refractivity contribution in [1.82, 2.24) is 4.98 Å². The summed E-state index contributed by atoms with van der Waals surface area (Å²) in [5, 5.41) is 1.16. The van der Waals surface area contributed by atoms with Crippen LogP contribution in [0.2, 0.25) is 0 Å². The maximum atomic E-state index is 6.34. The fourth-order valence-electron chi connectivity index (χ4n) is 2.96. The number of hydrogen-bond donors (Lipinski definition) is 1. The molecule has 19 heavy (non-hydrogen) atoms. The summed E-state index contributed by atoms with van der Waals surface area (Å²) in [6, 6.07) is 0.711. The number of nitrogens with two attached hydrogens (primary N) is 1. The van der Waals surface area contributed by atoms with E-state index in [9.17, 15) is 0 Å². The third-order valence-corrected chi connectivity index (χ3v) is 5.45. The highest BCUT2D eigenvalue weighted by Gasteiger charge is 2.34. The summed E-state index contributed by atoms with van der Waals surface area (Å²) in [5.41, 5.74) is 7.86. The van der Waals surface area contributed by atoms with Crippen LogP contribution in [0.5, 0.6) is 0 Å². The van der Waals surface area contributed by atoms with Gasteiger partial charge in [0.05, 0.1) is 5.69 Å². The molecule has 1 heterocycles. The molecule has 0 aromatic carbocycles. The quantitative estimate of drug-likeness (QED) is 0.914. The van der Waals surface area contributed by atoms with E-state index in [2.05, 4.69) is 39.5 Å². The summed E-state index contributed by atoms with van der Waals surface area (Å²) in [4.78, 5) is 8.62. The van der Waals surface area contributed by atoms with E-state index in [-0.39, 0.29) is 11.5 Å². The molecule has 108 valence electrons. The molecule has 0 saturated carbocycles. The third-order valence-electron chi connectivity index (χ3n) is 4.18. The Morgan fingerprint density at radius 1 is 1.47 bits per heavy atom. The van der Waals surface area contributed by atoms with Crippen LogP contribution < -0.4 is 10.6 Å². The van der Waals surface area contributed by atoms with Gasteiger partial charge in [-0.15, -0.1) is 0 Å². The number of anilines is 1. The lowest BCUT2D eigenvalue weighted by atomic mass is 9.77. The molecule has 2 atom stereocenters. The van der Waals surface area contributed by atoms with Crippen molar-refractivity contribution in [2.45, 2.75) is 66.0 Å². The second kappa shape index (κ2) is 5.41. The van der Waals surface area contributed by atoms with E-state index in [1.807, 2.05) is 11.3 Å². The van der Waals surface area contributed by atoms with Gasteiger partial charge in [-0.3, -0.25) is 0 Å². The molecule has 2 unspecified atom stereocenters. The molecule has 1 aliphatic carbocycles. The molecular weight excluding hydrogens is 254 g/mol. The molecule has 1 aromatic rings. The smallest absolute Gasteiger partial charge is 0.186 e. The molecule has 4 heteroatoms. The molecule has 0 aliphatic heterocycles. The number of aromatic nitrogens is 1. The van der Waals surface area contributed by atoms with Gasteiger partial charge >= 0.3 is 0 Å². The molecule has 3 nitrogen and oxygen atoms in total. The summed E-state index contributed by atoms with van der Waals surface area (Å²) in [6.07, 6.45) is 3.28. The van der Waals surface area contributed by atoms with Crippen LogP contribution in [0.3, 0.4) is 0 Å². The molecule has 0 radical (unpaired) electrons. The Labute approximate surface area is 121 Å². The van der Waals surface area contributed by atoms with Crippen LogP contribution in [0.25, 0.3) is 0 Å². The molecule has 0 spiro atoms. The maximum Gasteiger partial charge on any atom is 0.186 e. The summed E-state index contributed by atoms with van der Waals surface area (Å²) in [6.45, 7) is 12.3. The maximum absolute atomic E-state index is 6.34. The first kappa shape index (κ1) is 14.8. The lowest BCUT2D eigenvalue weighted by molar-refractivity contribution is 0.282. The predicted octanol–water partition coefficient (Wildman–Crippen LogP) is 3.74. The molecule has 0 amide bonds. The van der Waals surface area contributed by atoms with Crippen molar-refractivity contribution in [2.75, 3.05) is 11.4 Å². The molecule has 0 fully saturated rings. The number of nitrogens with zero attached hydrogens (tertiary/aromatic N) is 2. The number of thiazole rings is 1. The van der Waals surface area contributed by atoms with E-state index in [0.717, 1.165) is 30.9 Å². The fourth-order valence-corrected chi connectivity index (χ4v) is 4.21. The Morgan fingerprint density at radius 3 is 2.74 bits per heavy atom. The standard InChI is InChI=1S/C15H27N3S/c1-6-10(3)18(7-2)14-17-12-9-15(4,5)8-11(16)13(12)19-14/h10-11H,6-9,16H2,1-5H3. The van der Waals surface area contributed by atoms with Crippen LogP contribution in [0.15, 0.2) is 0 Å². The molecule has 2 rings (SSSR count). The van der Waals surface area contributed by atoms with Crippen molar-refractivity contribution in [2.24, 2.45) is 11.1 Å². The number of rotatable bonds is 4. The van der Waals surface area contributed by atoms with Gasteiger partial charge in [-0.05, 0) is 38.5 Å². The van der Waals surface area contributed by atoms with Crippen molar-refractivity contribution in [1.29, 1.82) is 0 Å². The largest absolute Gasteiger partial charge is 0.346 e. The molecule has 0 bridgehead atoms. The topological polar surface area (TPSA) is 42.2 Å². The molecule has 0 saturated heterocycles. The minimum atomic E-state index is 0.167. The van der Waals surface area contributed by atoms with Crippen LogP contribution in [0.1, 0.15) is 64.1 Å². The van der Waals surface area contributed by atoms with Crippen LogP contribution in [0.4, 0.5) is 5.13 Å². The highest BCUT2D eigenvalue weighted by atomic mass is 32.1. The van der Waals surface area contributed by atoms with E-state index in [1.165, 1.54) is 10.6 Å². The Bertz CT molecular complexity index is 439. The van der Waals surface area contributed by atoms with Gasteiger partial charge in [-0.2, -0.15) is 0 Å². The van der Waals surface area contributed by atoms with Gasteiger partial charge in [0.25, 0.3) is 0 Å². The Balaban J connectivity index is 2.32. The second-order valence-corrected chi connectivity index (χ2v) is 7.51. The van der Waals surface area contributed by atoms with Gasteiger partial charge in [0.2, 0.25) is 0 Å². The van der Waals surface area contributed by atoms with E-state index in [4.69, 9.17) is 10.7 Å². The zero-order valence-electron chi connectivity index (χ0n) is 12.9. The van der Waals surface area contributed by atoms with E-state index in [0.29, 0.717) is 6.04 Å². The van der Waals surface area contributed by atoms with E-state index >= 15 is 0 Å². The average molecular weight is 281 g/mol. The van der Waals surface area contributed by atoms with Crippen molar-refractivity contribution >= 4 is 16.5 Å². The minimum absolute atomic E-state index is 0.167. The first-order chi connectivity index (χ1) is 8.88. The highest BCUT2D eigenvalue weighted by molar-refractivity contribution is 7.15. The van der Waals surface area contributed by atoms with Crippen LogP contribution in [0, 0.1) is 5.41 Å². The zero-order chi connectivity index (χ0) is 14.2. The van der Waals surface area contributed by atoms with Gasteiger partial charge in [-0.25, -0.2) is 4.98 Å². The summed E-state index contributed by atoms with van der Waals surface area (Å²) in [7, 11) is 0. The SMILES string of the molecule is CCC(C)N(CC)c1nc2c(s1)C(N)CC(C)(C)C2. The van der Waals surface area contributed by atoms with Crippen molar-refractivity contribution in [3.05, 3.63) is 10.6 Å². The summed E-state index contributed by atoms with van der Waals surface area (Å²) < 4.78 is 0. The molecule has 1 aromatic heterocycles. The van der Waals surface area contributed by atoms with Crippen LogP contribution in [-0.2, 0) is 6.42 Å². The van der Waals surface area contributed by atoms with E-state index in [1.54, 1.807) is 0 Å². The van der Waals surface area contributed by atoms with Crippen molar-refractivity contribution in [3.63, 3.8) is 0 Å². The minimum Gasteiger partial charge on any atom is -0.346 e. The van der Waals surface area contributed by atoms with Crippen LogP contribution >= 0.6 is 11.3 Å². The first-order valence-electron chi connectivity index (χ1n) is 7.39. The monoisotopic (exact) mass is 281 g/mol. The van der Waals surface area contributed by atoms with Crippen molar-refractivity contribution in [3.8, 4) is 0 Å². The highest BCUT2D eigenvalue weighted by Crippen LogP contribution is 2.43. The van der Waals surface area contributed by atoms with E-state index < -0.39 is 0 Å². The number of hydrogen-bond acceptors (Lipinski definition) is 4. The van der Waals surface area contributed by atoms with Gasteiger partial charge in [0.1, 0.15) is 0 Å². The van der Waals surface area contributed by atoms with Gasteiger partial charge in [0, 0.05) is 23.5 Å². The molecular formula is C15H27N3S. The molecule has 2 N–H and O–H groups in total. The summed E-state index contributed by atoms with van der Waals surface area (Å²) in [5.74, 6) is 0. The Kier molecular flexibility index (Phi) is 4.21. The van der Waals surface area contributed by atoms with Gasteiger partial charge in [0.15, 0.2) is 5.13 Å². The first-order valence-corrected chi connectivity index (χ1v) is 8.21. The lowest BCUT2D eigenvalue weighted by Gasteiger charge is -2.32. The Morgan fingerprint density at radius 2 is 2.16 bits per heavy atom. The zero-order valence-corrected chi connectivity index (χ0v) is 13.7. The lowest BCUT2D eigenvalue weighted by Crippen LogP contribution is -2.32. The van der Waals surface area contributed by atoms with Crippen molar-refractivity contribution < 1.29 is 0 Å². The Hall–Kier alpha value is -0.610. The normalized spacial score (nSPS) is 22.9. The second-order valence-electron chi connectivity index (χ2n) is 6.50. The summed E-state index contributed by atoms with van der Waals surface area (Å²) >= 11 is 1.81. The predicted molar refractivity (Wildman–Crippen MR) is 83.9 cm³/mol. The van der Waals surface area contributed by atoms with Gasteiger partial charge < -0.3 is 10.6 Å².